The molecule has 0 aromatic carbocycles. The quantitative estimate of drug-likeness (QED) is 0.833. The van der Waals surface area contributed by atoms with Crippen molar-refractivity contribution >= 4 is 34.4 Å². The Kier molecular flexibility index (Phi) is 6.17. The summed E-state index contributed by atoms with van der Waals surface area (Å²) in [5.74, 6) is -0.882. The molecule has 0 saturated heterocycles. The van der Waals surface area contributed by atoms with Crippen LogP contribution in [0.4, 0.5) is 5.69 Å². The average Bonchev–Trinajstić information content (AvgIpc) is 2.44. The Morgan fingerprint density at radius 1 is 1.45 bits per heavy atom. The molecule has 1 aromatic rings. The molecule has 0 spiro atoms. The maximum absolute atomic E-state index is 12.0. The number of hydrogen-bond acceptors (Lipinski definition) is 6. The number of hydrogen-bond donors (Lipinski definition) is 1. The third-order valence-electron chi connectivity index (χ3n) is 2.43. The molecule has 108 valence electrons. The maximum atomic E-state index is 12.0. The second-order valence-electron chi connectivity index (χ2n) is 4.08. The van der Waals surface area contributed by atoms with Crippen molar-refractivity contribution < 1.29 is 19.1 Å². The van der Waals surface area contributed by atoms with Gasteiger partial charge in [-0.25, -0.2) is 9.78 Å². The normalized spacial score (nSPS) is 11.6. The summed E-state index contributed by atoms with van der Waals surface area (Å²) in [5.41, 5.74) is 0.346. The molecule has 7 heteroatoms. The molecule has 20 heavy (non-hydrogen) atoms. The molecular formula is C13H16N2O4S. The van der Waals surface area contributed by atoms with Crippen molar-refractivity contribution in [2.75, 3.05) is 18.2 Å². The lowest BCUT2D eigenvalue weighted by atomic mass is 10.2. The summed E-state index contributed by atoms with van der Waals surface area (Å²) < 4.78 is 4.60. The zero-order chi connectivity index (χ0) is 15.1. The van der Waals surface area contributed by atoms with E-state index in [9.17, 15) is 14.4 Å². The molecular weight excluding hydrogens is 280 g/mol. The number of esters is 1. The van der Waals surface area contributed by atoms with E-state index in [0.29, 0.717) is 11.4 Å². The highest BCUT2D eigenvalue weighted by Gasteiger charge is 2.18. The largest absolute Gasteiger partial charge is 0.464 e. The monoisotopic (exact) mass is 296 g/mol. The fourth-order valence-corrected chi connectivity index (χ4v) is 1.98. The molecule has 0 aliphatic carbocycles. The standard InChI is InChI=1S/C13H16N2O4S/c1-8(7-20-9(2)16)12(17)15-10-5-4-6-14-11(10)13(18)19-3/h4-6,8H,7H2,1-3H3,(H,15,17). The maximum Gasteiger partial charge on any atom is 0.358 e. The number of nitrogens with zero attached hydrogens (tertiary/aromatic N) is 1. The van der Waals surface area contributed by atoms with Crippen molar-refractivity contribution in [1.29, 1.82) is 0 Å². The second kappa shape index (κ2) is 7.64. The Morgan fingerprint density at radius 3 is 2.75 bits per heavy atom. The van der Waals surface area contributed by atoms with Crippen molar-refractivity contribution in [3.8, 4) is 0 Å². The Hall–Kier alpha value is -1.89. The Morgan fingerprint density at radius 2 is 2.15 bits per heavy atom. The molecule has 0 aliphatic rings. The predicted octanol–water partition coefficient (Wildman–Crippen LogP) is 1.72. The highest BCUT2D eigenvalue weighted by molar-refractivity contribution is 8.13. The zero-order valence-corrected chi connectivity index (χ0v) is 12.3. The predicted molar refractivity (Wildman–Crippen MR) is 76.5 cm³/mol. The van der Waals surface area contributed by atoms with Gasteiger partial charge in [0.25, 0.3) is 0 Å². The number of aromatic nitrogens is 1. The van der Waals surface area contributed by atoms with Gasteiger partial charge in [-0.1, -0.05) is 18.7 Å². The van der Waals surface area contributed by atoms with E-state index in [2.05, 4.69) is 15.0 Å². The molecule has 0 fully saturated rings. The fourth-order valence-electron chi connectivity index (χ4n) is 1.34. The van der Waals surface area contributed by atoms with Crippen LogP contribution in [0.3, 0.4) is 0 Å². The van der Waals surface area contributed by atoms with Crippen LogP contribution in [0.15, 0.2) is 18.3 Å². The van der Waals surface area contributed by atoms with E-state index in [1.54, 1.807) is 19.1 Å². The van der Waals surface area contributed by atoms with Crippen molar-refractivity contribution in [1.82, 2.24) is 4.98 Å². The van der Waals surface area contributed by atoms with Crippen LogP contribution in [0, 0.1) is 5.92 Å². The summed E-state index contributed by atoms with van der Waals surface area (Å²) in [5, 5.41) is 2.58. The fraction of sp³-hybridized carbons (Fsp3) is 0.385. The molecule has 0 aliphatic heterocycles. The van der Waals surface area contributed by atoms with Gasteiger partial charge in [-0.05, 0) is 12.1 Å². The van der Waals surface area contributed by atoms with Gasteiger partial charge in [-0.2, -0.15) is 0 Å². The van der Waals surface area contributed by atoms with Crippen LogP contribution in [0.5, 0.6) is 0 Å². The van der Waals surface area contributed by atoms with Crippen molar-refractivity contribution in [3.63, 3.8) is 0 Å². The Balaban J connectivity index is 2.75. The van der Waals surface area contributed by atoms with E-state index in [0.717, 1.165) is 11.8 Å². The average molecular weight is 296 g/mol. The van der Waals surface area contributed by atoms with E-state index in [1.165, 1.54) is 20.2 Å². The van der Waals surface area contributed by atoms with E-state index in [4.69, 9.17) is 0 Å². The molecule has 1 N–H and O–H groups in total. The van der Waals surface area contributed by atoms with Gasteiger partial charge in [0.15, 0.2) is 10.8 Å². The molecule has 1 amide bonds. The first-order chi connectivity index (χ1) is 9.45. The smallest absolute Gasteiger partial charge is 0.358 e. The highest BCUT2D eigenvalue weighted by Crippen LogP contribution is 2.16. The van der Waals surface area contributed by atoms with Gasteiger partial charge in [0, 0.05) is 24.8 Å². The molecule has 1 atom stereocenters. The first kappa shape index (κ1) is 16.2. The zero-order valence-electron chi connectivity index (χ0n) is 11.5. The van der Waals surface area contributed by atoms with E-state index in [1.807, 2.05) is 0 Å². The third-order valence-corrected chi connectivity index (χ3v) is 3.50. The van der Waals surface area contributed by atoms with Crippen molar-refractivity contribution in [3.05, 3.63) is 24.0 Å². The number of thioether (sulfide) groups is 1. The van der Waals surface area contributed by atoms with Crippen molar-refractivity contribution in [2.24, 2.45) is 5.92 Å². The molecule has 0 saturated carbocycles. The number of carbonyl (C=O) groups is 3. The van der Waals surface area contributed by atoms with Crippen LogP contribution >= 0.6 is 11.8 Å². The summed E-state index contributed by atoms with van der Waals surface area (Å²) in [7, 11) is 1.24. The van der Waals surface area contributed by atoms with Gasteiger partial charge < -0.3 is 10.1 Å². The SMILES string of the molecule is COC(=O)c1ncccc1NC(=O)C(C)CSC(C)=O. The number of pyridine rings is 1. The minimum Gasteiger partial charge on any atom is -0.464 e. The first-order valence-corrected chi connectivity index (χ1v) is 6.91. The highest BCUT2D eigenvalue weighted by atomic mass is 32.2. The topological polar surface area (TPSA) is 85.4 Å². The molecule has 6 nitrogen and oxygen atoms in total. The van der Waals surface area contributed by atoms with Crippen LogP contribution in [-0.2, 0) is 14.3 Å². The van der Waals surface area contributed by atoms with Crippen molar-refractivity contribution in [2.45, 2.75) is 13.8 Å². The summed E-state index contributed by atoms with van der Waals surface area (Å²) in [6.45, 7) is 3.16. The van der Waals surface area contributed by atoms with Gasteiger partial charge >= 0.3 is 5.97 Å². The van der Waals surface area contributed by atoms with Gasteiger partial charge in [-0.15, -0.1) is 0 Å². The van der Waals surface area contributed by atoms with Crippen LogP contribution in [0.2, 0.25) is 0 Å². The molecule has 1 heterocycles. The first-order valence-electron chi connectivity index (χ1n) is 5.93. The van der Waals surface area contributed by atoms with Gasteiger partial charge in [0.05, 0.1) is 12.8 Å². The number of anilines is 1. The summed E-state index contributed by atoms with van der Waals surface area (Å²) in [6, 6.07) is 3.18. The van der Waals surface area contributed by atoms with E-state index >= 15 is 0 Å². The van der Waals surface area contributed by atoms with E-state index in [-0.39, 0.29) is 22.6 Å². The molecule has 1 unspecified atom stereocenters. The lowest BCUT2D eigenvalue weighted by Gasteiger charge is -2.12. The number of methoxy groups -OCH3 is 1. The number of carbonyl (C=O) groups excluding carboxylic acids is 3. The van der Waals surface area contributed by atoms with Gasteiger partial charge in [-0.3, -0.25) is 9.59 Å². The van der Waals surface area contributed by atoms with E-state index < -0.39 is 5.97 Å². The summed E-state index contributed by atoms with van der Waals surface area (Å²) in [4.78, 5) is 38.2. The number of rotatable bonds is 5. The Bertz CT molecular complexity index is 519. The minimum atomic E-state index is -0.619. The molecule has 0 bridgehead atoms. The van der Waals surface area contributed by atoms with Gasteiger partial charge in [0.2, 0.25) is 5.91 Å². The number of amides is 1. The van der Waals surface area contributed by atoms with Crippen LogP contribution in [0.1, 0.15) is 24.3 Å². The third kappa shape index (κ3) is 4.65. The van der Waals surface area contributed by atoms with Crippen LogP contribution in [-0.4, -0.2) is 34.8 Å². The summed E-state index contributed by atoms with van der Waals surface area (Å²) in [6.07, 6.45) is 1.44. The van der Waals surface area contributed by atoms with Gasteiger partial charge in [0.1, 0.15) is 0 Å². The number of ether oxygens (including phenoxy) is 1. The lowest BCUT2D eigenvalue weighted by molar-refractivity contribution is -0.118. The van der Waals surface area contributed by atoms with Crippen LogP contribution < -0.4 is 5.32 Å². The lowest BCUT2D eigenvalue weighted by Crippen LogP contribution is -2.24. The molecule has 1 rings (SSSR count). The molecule has 1 aromatic heterocycles. The minimum absolute atomic E-state index is 0.0405. The Labute approximate surface area is 121 Å². The van der Waals surface area contributed by atoms with Crippen LogP contribution in [0.25, 0.3) is 0 Å². The second-order valence-corrected chi connectivity index (χ2v) is 5.28. The number of nitrogens with one attached hydrogen (secondary N) is 1. The summed E-state index contributed by atoms with van der Waals surface area (Å²) >= 11 is 1.09. The molecule has 0 radical (unpaired) electrons.